The van der Waals surface area contributed by atoms with Crippen LogP contribution in [-0.2, 0) is 0 Å². The lowest BCUT2D eigenvalue weighted by Crippen LogP contribution is -1.93. The predicted molar refractivity (Wildman–Crippen MR) is 56.6 cm³/mol. The Morgan fingerprint density at radius 3 is 2.40 bits per heavy atom. The maximum Gasteiger partial charge on any atom is 0.128 e. The molecule has 15 heavy (non-hydrogen) atoms. The molecule has 0 aliphatic carbocycles. The molecule has 74 valence electrons. The van der Waals surface area contributed by atoms with Gasteiger partial charge in [0.15, 0.2) is 0 Å². The lowest BCUT2D eigenvalue weighted by Gasteiger charge is -2.02. The number of pyridine rings is 1. The first-order chi connectivity index (χ1) is 7.25. The number of hydrogen-bond acceptors (Lipinski definition) is 4. The quantitative estimate of drug-likeness (QED) is 0.557. The van der Waals surface area contributed by atoms with Crippen molar-refractivity contribution in [3.8, 4) is 0 Å². The van der Waals surface area contributed by atoms with Gasteiger partial charge in [-0.05, 0) is 19.4 Å². The van der Waals surface area contributed by atoms with Gasteiger partial charge >= 0.3 is 0 Å². The summed E-state index contributed by atoms with van der Waals surface area (Å²) in [6.07, 6.45) is 5.03. The lowest BCUT2D eigenvalue weighted by atomic mass is 10.2. The average molecular weight is 199 g/mol. The molecule has 0 aliphatic heterocycles. The van der Waals surface area contributed by atoms with Crippen molar-refractivity contribution >= 4 is 22.1 Å². The number of rotatable bonds is 0. The second kappa shape index (κ2) is 2.76. The van der Waals surface area contributed by atoms with Gasteiger partial charge in [-0.15, -0.1) is 0 Å². The number of aromatic nitrogens is 3. The second-order valence-corrected chi connectivity index (χ2v) is 3.59. The number of nitrogens with zero attached hydrogens (tertiary/aromatic N) is 3. The Kier molecular flexibility index (Phi) is 1.54. The largest absolute Gasteiger partial charge is 0.468 e. The van der Waals surface area contributed by atoms with Gasteiger partial charge in [0.2, 0.25) is 0 Å². The second-order valence-electron chi connectivity index (χ2n) is 3.59. The first-order valence-corrected chi connectivity index (χ1v) is 4.71. The molecular formula is C11H9N3O. The zero-order valence-corrected chi connectivity index (χ0v) is 8.48. The van der Waals surface area contributed by atoms with Crippen LogP contribution in [0.2, 0.25) is 0 Å². The maximum atomic E-state index is 5.07. The minimum atomic E-state index is 0.776. The number of aryl methyl sites for hydroxylation is 2. The molecule has 3 aromatic rings. The molecule has 0 fully saturated rings. The van der Waals surface area contributed by atoms with E-state index in [1.165, 1.54) is 0 Å². The third kappa shape index (κ3) is 1.11. The SMILES string of the molecule is Cc1cnc(C)c2nc3cocc3nc12. The van der Waals surface area contributed by atoms with Crippen LogP contribution in [0, 0.1) is 13.8 Å². The van der Waals surface area contributed by atoms with Crippen molar-refractivity contribution in [2.24, 2.45) is 0 Å². The van der Waals surface area contributed by atoms with Crippen LogP contribution in [-0.4, -0.2) is 15.0 Å². The Morgan fingerprint density at radius 2 is 1.67 bits per heavy atom. The Balaban J connectivity index is 2.58. The van der Waals surface area contributed by atoms with E-state index in [1.54, 1.807) is 12.5 Å². The van der Waals surface area contributed by atoms with Gasteiger partial charge in [-0.1, -0.05) is 0 Å². The summed E-state index contributed by atoms with van der Waals surface area (Å²) in [7, 11) is 0. The van der Waals surface area contributed by atoms with Crippen molar-refractivity contribution in [1.29, 1.82) is 0 Å². The fourth-order valence-corrected chi connectivity index (χ4v) is 1.64. The fourth-order valence-electron chi connectivity index (χ4n) is 1.64. The Bertz CT molecular complexity index is 602. The standard InChI is InChI=1S/C11H9N3O/c1-6-3-12-7(2)11-10(6)13-8-4-15-5-9(8)14-11/h3-5H,1-2H3. The highest BCUT2D eigenvalue weighted by Crippen LogP contribution is 2.20. The van der Waals surface area contributed by atoms with E-state index in [2.05, 4.69) is 15.0 Å². The van der Waals surface area contributed by atoms with Crippen LogP contribution in [0.25, 0.3) is 22.1 Å². The highest BCUT2D eigenvalue weighted by molar-refractivity contribution is 5.88. The maximum absolute atomic E-state index is 5.07. The zero-order valence-electron chi connectivity index (χ0n) is 8.48. The molecule has 3 heterocycles. The molecule has 0 N–H and O–H groups in total. The third-order valence-electron chi connectivity index (χ3n) is 2.48. The van der Waals surface area contributed by atoms with Crippen LogP contribution in [0.5, 0.6) is 0 Å². The minimum Gasteiger partial charge on any atom is -0.468 e. The van der Waals surface area contributed by atoms with E-state index in [4.69, 9.17) is 4.42 Å². The first kappa shape index (κ1) is 8.35. The van der Waals surface area contributed by atoms with Gasteiger partial charge in [-0.25, -0.2) is 9.97 Å². The van der Waals surface area contributed by atoms with Crippen molar-refractivity contribution in [3.63, 3.8) is 0 Å². The summed E-state index contributed by atoms with van der Waals surface area (Å²) in [5.41, 5.74) is 5.24. The van der Waals surface area contributed by atoms with E-state index in [0.29, 0.717) is 0 Å². The van der Waals surface area contributed by atoms with Gasteiger partial charge in [0.25, 0.3) is 0 Å². The molecule has 0 unspecified atom stereocenters. The summed E-state index contributed by atoms with van der Waals surface area (Å²) in [6.45, 7) is 3.91. The molecule has 0 radical (unpaired) electrons. The number of furan rings is 1. The molecule has 0 aromatic carbocycles. The molecule has 4 nitrogen and oxygen atoms in total. The van der Waals surface area contributed by atoms with Gasteiger partial charge in [-0.3, -0.25) is 4.98 Å². The third-order valence-corrected chi connectivity index (χ3v) is 2.48. The summed E-state index contributed by atoms with van der Waals surface area (Å²) >= 11 is 0. The molecule has 0 aliphatic rings. The monoisotopic (exact) mass is 199 g/mol. The molecule has 0 saturated carbocycles. The van der Waals surface area contributed by atoms with E-state index in [9.17, 15) is 0 Å². The Hall–Kier alpha value is -1.97. The molecule has 0 bridgehead atoms. The van der Waals surface area contributed by atoms with Crippen molar-refractivity contribution in [1.82, 2.24) is 15.0 Å². The van der Waals surface area contributed by atoms with Crippen LogP contribution < -0.4 is 0 Å². The highest BCUT2D eigenvalue weighted by Gasteiger charge is 2.08. The molecule has 0 spiro atoms. The van der Waals surface area contributed by atoms with Gasteiger partial charge in [0.05, 0.1) is 11.2 Å². The summed E-state index contributed by atoms with van der Waals surface area (Å²) in [5, 5.41) is 0. The zero-order chi connectivity index (χ0) is 10.4. The van der Waals surface area contributed by atoms with E-state index >= 15 is 0 Å². The average Bonchev–Trinajstić information content (AvgIpc) is 2.69. The van der Waals surface area contributed by atoms with Crippen LogP contribution in [0.15, 0.2) is 23.1 Å². The molecular weight excluding hydrogens is 190 g/mol. The molecule has 0 amide bonds. The smallest absolute Gasteiger partial charge is 0.128 e. The summed E-state index contributed by atoms with van der Waals surface area (Å²) in [4.78, 5) is 13.2. The molecule has 3 rings (SSSR count). The van der Waals surface area contributed by atoms with Gasteiger partial charge < -0.3 is 4.42 Å². The topological polar surface area (TPSA) is 51.8 Å². The minimum absolute atomic E-state index is 0.776. The first-order valence-electron chi connectivity index (χ1n) is 4.71. The van der Waals surface area contributed by atoms with Crippen molar-refractivity contribution in [2.45, 2.75) is 13.8 Å². The van der Waals surface area contributed by atoms with Crippen molar-refractivity contribution in [2.75, 3.05) is 0 Å². The Labute approximate surface area is 86.0 Å². The van der Waals surface area contributed by atoms with Gasteiger partial charge in [0, 0.05) is 6.20 Å². The fraction of sp³-hybridized carbons (Fsp3) is 0.182. The van der Waals surface area contributed by atoms with Gasteiger partial charge in [0.1, 0.15) is 29.1 Å². The van der Waals surface area contributed by atoms with Crippen LogP contribution in [0.4, 0.5) is 0 Å². The van der Waals surface area contributed by atoms with Crippen molar-refractivity contribution in [3.05, 3.63) is 30.0 Å². The van der Waals surface area contributed by atoms with E-state index < -0.39 is 0 Å². The van der Waals surface area contributed by atoms with E-state index in [1.807, 2.05) is 20.0 Å². The van der Waals surface area contributed by atoms with Crippen molar-refractivity contribution < 1.29 is 4.42 Å². The van der Waals surface area contributed by atoms with E-state index in [-0.39, 0.29) is 0 Å². The van der Waals surface area contributed by atoms with E-state index in [0.717, 1.165) is 33.3 Å². The number of fused-ring (bicyclic) bond motifs is 2. The number of hydrogen-bond donors (Lipinski definition) is 0. The Morgan fingerprint density at radius 1 is 1.00 bits per heavy atom. The normalized spacial score (nSPS) is 11.3. The van der Waals surface area contributed by atoms with Gasteiger partial charge in [-0.2, -0.15) is 0 Å². The predicted octanol–water partition coefficient (Wildman–Crippen LogP) is 2.39. The summed E-state index contributed by atoms with van der Waals surface area (Å²) in [5.74, 6) is 0. The van der Waals surface area contributed by atoms with Crippen LogP contribution in [0.3, 0.4) is 0 Å². The van der Waals surface area contributed by atoms with Crippen LogP contribution in [0.1, 0.15) is 11.3 Å². The summed E-state index contributed by atoms with van der Waals surface area (Å²) in [6, 6.07) is 0. The van der Waals surface area contributed by atoms with Crippen LogP contribution >= 0.6 is 0 Å². The molecule has 3 aromatic heterocycles. The highest BCUT2D eigenvalue weighted by atomic mass is 16.3. The summed E-state index contributed by atoms with van der Waals surface area (Å²) < 4.78 is 5.07. The molecule has 0 atom stereocenters. The molecule has 4 heteroatoms. The molecule has 0 saturated heterocycles. The lowest BCUT2D eigenvalue weighted by molar-refractivity contribution is 0.571.